The third-order valence-electron chi connectivity index (χ3n) is 3.81. The van der Waals surface area contributed by atoms with Crippen molar-refractivity contribution >= 4 is 11.8 Å². The van der Waals surface area contributed by atoms with Crippen molar-refractivity contribution in [2.45, 2.75) is 38.4 Å². The number of halogens is 1. The second-order valence-electron chi connectivity index (χ2n) is 4.97. The van der Waals surface area contributed by atoms with Gasteiger partial charge in [0.15, 0.2) is 0 Å². The molecule has 2 heteroatoms. The van der Waals surface area contributed by atoms with Crippen molar-refractivity contribution < 1.29 is 4.39 Å². The molecule has 0 nitrogen and oxygen atoms in total. The summed E-state index contributed by atoms with van der Waals surface area (Å²) in [5.41, 5.74) is 0.973. The van der Waals surface area contributed by atoms with Crippen molar-refractivity contribution in [1.82, 2.24) is 0 Å². The summed E-state index contributed by atoms with van der Waals surface area (Å²) in [5, 5.41) is 2.50. The normalized spacial score (nSPS) is 44.2. The summed E-state index contributed by atoms with van der Waals surface area (Å²) < 4.78 is 13.9. The zero-order valence-electron chi connectivity index (χ0n) is 10.0. The van der Waals surface area contributed by atoms with Crippen molar-refractivity contribution in [3.05, 3.63) is 35.5 Å². The molecular formula is C14H19FS. The minimum absolute atomic E-state index is 0.00885. The van der Waals surface area contributed by atoms with Gasteiger partial charge in [-0.25, -0.2) is 4.39 Å². The minimum atomic E-state index is 0.00885. The van der Waals surface area contributed by atoms with Gasteiger partial charge in [-0.1, -0.05) is 26.5 Å². The maximum atomic E-state index is 13.9. The molecule has 0 aromatic heterocycles. The Morgan fingerprint density at radius 2 is 2.44 bits per heavy atom. The highest BCUT2D eigenvalue weighted by Gasteiger charge is 2.52. The first kappa shape index (κ1) is 12.0. The van der Waals surface area contributed by atoms with Crippen LogP contribution in [0.1, 0.15) is 33.1 Å². The van der Waals surface area contributed by atoms with Crippen LogP contribution in [0.15, 0.2) is 35.5 Å². The molecule has 1 saturated carbocycles. The summed E-state index contributed by atoms with van der Waals surface area (Å²) in [6.45, 7) is 7.98. The molecule has 0 aromatic carbocycles. The maximum Gasteiger partial charge on any atom is 0.122 e. The predicted octanol–water partition coefficient (Wildman–Crippen LogP) is 4.85. The lowest BCUT2D eigenvalue weighted by atomic mass is 9.96. The molecule has 1 fully saturated rings. The summed E-state index contributed by atoms with van der Waals surface area (Å²) in [7, 11) is 0. The summed E-state index contributed by atoms with van der Waals surface area (Å²) in [5.74, 6) is 0.630. The highest BCUT2D eigenvalue weighted by molar-refractivity contribution is 8.02. The lowest BCUT2D eigenvalue weighted by Crippen LogP contribution is -2.11. The van der Waals surface area contributed by atoms with Crippen LogP contribution in [0.2, 0.25) is 0 Å². The van der Waals surface area contributed by atoms with Gasteiger partial charge < -0.3 is 0 Å². The van der Waals surface area contributed by atoms with Gasteiger partial charge in [-0.15, -0.1) is 11.8 Å². The van der Waals surface area contributed by atoms with Gasteiger partial charge in [-0.05, 0) is 47.7 Å². The molecule has 0 radical (unpaired) electrons. The highest BCUT2D eigenvalue weighted by atomic mass is 32.2. The third kappa shape index (κ3) is 2.13. The van der Waals surface area contributed by atoms with Crippen LogP contribution >= 0.6 is 11.8 Å². The number of hydrogen-bond donors (Lipinski definition) is 0. The maximum absolute atomic E-state index is 13.9. The van der Waals surface area contributed by atoms with E-state index in [1.807, 2.05) is 18.4 Å². The third-order valence-corrected chi connectivity index (χ3v) is 4.87. The Labute approximate surface area is 102 Å². The van der Waals surface area contributed by atoms with E-state index in [2.05, 4.69) is 19.6 Å². The summed E-state index contributed by atoms with van der Waals surface area (Å²) >= 11 is 1.80. The quantitative estimate of drug-likeness (QED) is 0.677. The van der Waals surface area contributed by atoms with Crippen LogP contribution in [0, 0.1) is 11.3 Å². The number of thioether (sulfide) groups is 1. The molecule has 3 atom stereocenters. The van der Waals surface area contributed by atoms with Crippen LogP contribution in [0.5, 0.6) is 0 Å². The van der Waals surface area contributed by atoms with Gasteiger partial charge in [-0.3, -0.25) is 0 Å². The van der Waals surface area contributed by atoms with E-state index in [4.69, 9.17) is 0 Å². The standard InChI is InChI=1S/C14H19FS/c1-4-10-6-7-13(16-5-2)11-8-14(11,3)9-12(10)15/h5-6,9,11,13H,2,4,7-8H2,1,3H3/b10-6-,12-9+/t11-,13?,14+/m1/s1. The Balaban J connectivity index is 2.24. The molecule has 88 valence electrons. The molecule has 0 heterocycles. The Morgan fingerprint density at radius 3 is 3.06 bits per heavy atom. The number of hydrogen-bond acceptors (Lipinski definition) is 1. The van der Waals surface area contributed by atoms with Gasteiger partial charge in [-0.2, -0.15) is 0 Å². The van der Waals surface area contributed by atoms with Crippen molar-refractivity contribution in [3.8, 4) is 0 Å². The van der Waals surface area contributed by atoms with Gasteiger partial charge in [0, 0.05) is 5.25 Å². The van der Waals surface area contributed by atoms with Gasteiger partial charge in [0.05, 0.1) is 0 Å². The van der Waals surface area contributed by atoms with Gasteiger partial charge in [0.1, 0.15) is 5.83 Å². The van der Waals surface area contributed by atoms with Crippen molar-refractivity contribution in [2.24, 2.45) is 11.3 Å². The van der Waals surface area contributed by atoms with Crippen LogP contribution in [0.3, 0.4) is 0 Å². The average molecular weight is 238 g/mol. The van der Waals surface area contributed by atoms with Gasteiger partial charge in [0.2, 0.25) is 0 Å². The Hall–Kier alpha value is -0.500. The lowest BCUT2D eigenvalue weighted by Gasteiger charge is -2.18. The highest BCUT2D eigenvalue weighted by Crippen LogP contribution is 2.60. The van der Waals surface area contributed by atoms with E-state index in [-0.39, 0.29) is 11.2 Å². The zero-order chi connectivity index (χ0) is 11.8. The Bertz CT molecular complexity index is 356. The van der Waals surface area contributed by atoms with Crippen molar-refractivity contribution in [1.29, 1.82) is 0 Å². The monoisotopic (exact) mass is 238 g/mol. The molecule has 2 aliphatic rings. The predicted molar refractivity (Wildman–Crippen MR) is 70.0 cm³/mol. The molecular weight excluding hydrogens is 219 g/mol. The van der Waals surface area contributed by atoms with E-state index in [1.165, 1.54) is 0 Å². The van der Waals surface area contributed by atoms with E-state index in [0.29, 0.717) is 11.2 Å². The fourth-order valence-electron chi connectivity index (χ4n) is 2.63. The minimum Gasteiger partial charge on any atom is -0.207 e. The molecule has 2 rings (SSSR count). The molecule has 0 aromatic rings. The molecule has 16 heavy (non-hydrogen) atoms. The molecule has 0 amide bonds. The molecule has 0 aliphatic heterocycles. The molecule has 0 bridgehead atoms. The summed E-state index contributed by atoms with van der Waals surface area (Å²) in [6, 6.07) is 0. The SMILES string of the molecule is C=CSC1C/C=C(CC)\C(F)=C/[C@]2(C)C[C@H]12. The van der Waals surface area contributed by atoms with Crippen LogP contribution < -0.4 is 0 Å². The van der Waals surface area contributed by atoms with E-state index < -0.39 is 0 Å². The average Bonchev–Trinajstić information content (AvgIpc) is 2.87. The first-order chi connectivity index (χ1) is 7.60. The molecule has 2 aliphatic carbocycles. The van der Waals surface area contributed by atoms with E-state index in [9.17, 15) is 4.39 Å². The fourth-order valence-corrected chi connectivity index (χ4v) is 3.68. The van der Waals surface area contributed by atoms with Crippen molar-refractivity contribution in [3.63, 3.8) is 0 Å². The molecule has 0 N–H and O–H groups in total. The van der Waals surface area contributed by atoms with Crippen LogP contribution in [0.25, 0.3) is 0 Å². The van der Waals surface area contributed by atoms with Crippen LogP contribution in [-0.4, -0.2) is 5.25 Å². The van der Waals surface area contributed by atoms with E-state index >= 15 is 0 Å². The van der Waals surface area contributed by atoms with Crippen LogP contribution in [0.4, 0.5) is 4.39 Å². The first-order valence-electron chi connectivity index (χ1n) is 5.95. The zero-order valence-corrected chi connectivity index (χ0v) is 10.8. The number of fused-ring (bicyclic) bond motifs is 1. The Kier molecular flexibility index (Phi) is 3.29. The topological polar surface area (TPSA) is 0 Å². The second kappa shape index (κ2) is 4.40. The summed E-state index contributed by atoms with van der Waals surface area (Å²) in [4.78, 5) is 0. The molecule has 0 spiro atoms. The van der Waals surface area contributed by atoms with E-state index in [0.717, 1.165) is 24.8 Å². The number of allylic oxidation sites excluding steroid dienone is 4. The fraction of sp³-hybridized carbons (Fsp3) is 0.571. The smallest absolute Gasteiger partial charge is 0.122 e. The molecule has 0 saturated heterocycles. The Morgan fingerprint density at radius 1 is 1.69 bits per heavy atom. The summed E-state index contributed by atoms with van der Waals surface area (Å²) in [6.07, 6.45) is 6.81. The first-order valence-corrected chi connectivity index (χ1v) is 6.89. The largest absolute Gasteiger partial charge is 0.207 e. The van der Waals surface area contributed by atoms with Gasteiger partial charge >= 0.3 is 0 Å². The van der Waals surface area contributed by atoms with Crippen LogP contribution in [-0.2, 0) is 0 Å². The number of rotatable bonds is 3. The lowest BCUT2D eigenvalue weighted by molar-refractivity contribution is 0.553. The second-order valence-corrected chi connectivity index (χ2v) is 6.18. The molecule has 1 unspecified atom stereocenters. The van der Waals surface area contributed by atoms with Crippen molar-refractivity contribution in [2.75, 3.05) is 0 Å². The van der Waals surface area contributed by atoms with E-state index in [1.54, 1.807) is 11.8 Å². The van der Waals surface area contributed by atoms with Gasteiger partial charge in [0.25, 0.3) is 0 Å².